The van der Waals surface area contributed by atoms with Crippen LogP contribution in [0.1, 0.15) is 100 Å². The first kappa shape index (κ1) is 22.6. The van der Waals surface area contributed by atoms with Crippen LogP contribution in [0.15, 0.2) is 5.18 Å². The van der Waals surface area contributed by atoms with E-state index in [1.807, 2.05) is 6.92 Å². The number of nitrogens with zero attached hydrogens (tertiary/aromatic N) is 1. The molecular weight excluding hydrogens is 310 g/mol. The van der Waals surface area contributed by atoms with E-state index >= 15 is 0 Å². The lowest BCUT2D eigenvalue weighted by atomic mass is 9.43. The monoisotopic (exact) mass is 353 g/mol. The lowest BCUT2D eigenvalue weighted by Gasteiger charge is -2.62. The predicted molar refractivity (Wildman–Crippen MR) is 108 cm³/mol. The highest BCUT2D eigenvalue weighted by Gasteiger charge is 2.64. The SMILES string of the molecule is CCCC1(N=O)CC(CC(C)C(C)C(C)(O)C(C)CC)C1(CC)CC. The second-order valence-corrected chi connectivity index (χ2v) is 9.17. The van der Waals surface area contributed by atoms with Crippen LogP contribution in [-0.4, -0.2) is 16.2 Å². The predicted octanol–water partition coefficient (Wildman–Crippen LogP) is 6.58. The summed E-state index contributed by atoms with van der Waals surface area (Å²) in [5, 5.41) is 14.7. The summed E-state index contributed by atoms with van der Waals surface area (Å²) in [7, 11) is 0. The van der Waals surface area contributed by atoms with Crippen molar-refractivity contribution in [2.75, 3.05) is 0 Å². The molecule has 0 saturated heterocycles. The van der Waals surface area contributed by atoms with Crippen molar-refractivity contribution in [3.05, 3.63) is 4.91 Å². The van der Waals surface area contributed by atoms with Gasteiger partial charge in [-0.25, -0.2) is 0 Å². The van der Waals surface area contributed by atoms with Crippen LogP contribution in [0.2, 0.25) is 0 Å². The van der Waals surface area contributed by atoms with Crippen molar-refractivity contribution in [1.29, 1.82) is 0 Å². The first-order valence-corrected chi connectivity index (χ1v) is 10.7. The van der Waals surface area contributed by atoms with Crippen molar-refractivity contribution in [2.24, 2.45) is 34.3 Å². The minimum Gasteiger partial charge on any atom is -0.390 e. The van der Waals surface area contributed by atoms with Crippen molar-refractivity contribution < 1.29 is 5.11 Å². The van der Waals surface area contributed by atoms with E-state index in [2.05, 4.69) is 53.6 Å². The Hall–Kier alpha value is -0.440. The van der Waals surface area contributed by atoms with Crippen LogP contribution in [0.25, 0.3) is 0 Å². The summed E-state index contributed by atoms with van der Waals surface area (Å²) in [5.41, 5.74) is -0.929. The molecule has 1 saturated carbocycles. The fourth-order valence-electron chi connectivity index (χ4n) is 5.88. The van der Waals surface area contributed by atoms with Crippen LogP contribution in [0.3, 0.4) is 0 Å². The second kappa shape index (κ2) is 8.50. The summed E-state index contributed by atoms with van der Waals surface area (Å²) < 4.78 is 0. The first-order valence-electron chi connectivity index (χ1n) is 10.7. The van der Waals surface area contributed by atoms with E-state index in [0.717, 1.165) is 44.9 Å². The van der Waals surface area contributed by atoms with E-state index in [0.29, 0.717) is 17.8 Å². The largest absolute Gasteiger partial charge is 0.390 e. The second-order valence-electron chi connectivity index (χ2n) is 9.17. The number of nitroso groups, excluding NO2 is 1. The topological polar surface area (TPSA) is 49.7 Å². The lowest BCUT2D eigenvalue weighted by molar-refractivity contribution is -0.115. The van der Waals surface area contributed by atoms with Gasteiger partial charge in [0.25, 0.3) is 0 Å². The van der Waals surface area contributed by atoms with Gasteiger partial charge >= 0.3 is 0 Å². The molecule has 1 rings (SSSR count). The first-order chi connectivity index (χ1) is 11.6. The van der Waals surface area contributed by atoms with Gasteiger partial charge in [0.1, 0.15) is 5.54 Å². The molecular formula is C22H43NO2. The Labute approximate surface area is 156 Å². The van der Waals surface area contributed by atoms with Crippen molar-refractivity contribution in [1.82, 2.24) is 0 Å². The Morgan fingerprint density at radius 3 is 2.12 bits per heavy atom. The van der Waals surface area contributed by atoms with Crippen LogP contribution >= 0.6 is 0 Å². The average molecular weight is 354 g/mol. The Bertz CT molecular complexity index is 430. The zero-order valence-electron chi connectivity index (χ0n) is 18.1. The number of hydrogen-bond donors (Lipinski definition) is 1. The summed E-state index contributed by atoms with van der Waals surface area (Å²) in [6.07, 6.45) is 7.03. The molecule has 1 fully saturated rings. The maximum Gasteiger partial charge on any atom is 0.109 e. The minimum absolute atomic E-state index is 0.0565. The molecule has 0 radical (unpaired) electrons. The van der Waals surface area contributed by atoms with E-state index in [4.69, 9.17) is 0 Å². The van der Waals surface area contributed by atoms with Gasteiger partial charge in [-0.15, -0.1) is 0 Å². The lowest BCUT2D eigenvalue weighted by Crippen LogP contribution is -2.62. The van der Waals surface area contributed by atoms with Crippen molar-refractivity contribution in [2.45, 2.75) is 111 Å². The maximum atomic E-state index is 11.8. The average Bonchev–Trinajstić information content (AvgIpc) is 2.59. The van der Waals surface area contributed by atoms with Gasteiger partial charge < -0.3 is 5.11 Å². The minimum atomic E-state index is -0.636. The van der Waals surface area contributed by atoms with E-state index in [9.17, 15) is 10.0 Å². The molecule has 6 atom stereocenters. The maximum absolute atomic E-state index is 11.8. The van der Waals surface area contributed by atoms with Crippen LogP contribution < -0.4 is 0 Å². The molecule has 1 aliphatic carbocycles. The molecule has 0 aromatic heterocycles. The molecule has 1 aliphatic rings. The molecule has 148 valence electrons. The number of aliphatic hydroxyl groups is 1. The van der Waals surface area contributed by atoms with Gasteiger partial charge in [-0.05, 0) is 62.7 Å². The highest BCUT2D eigenvalue weighted by atomic mass is 16.3. The van der Waals surface area contributed by atoms with E-state index in [1.165, 1.54) is 0 Å². The van der Waals surface area contributed by atoms with E-state index < -0.39 is 5.60 Å². The normalized spacial score (nSPS) is 31.5. The molecule has 1 N–H and O–H groups in total. The quantitative estimate of drug-likeness (QED) is 0.427. The summed E-state index contributed by atoms with van der Waals surface area (Å²) in [6, 6.07) is 0. The van der Waals surface area contributed by atoms with Crippen molar-refractivity contribution in [3.63, 3.8) is 0 Å². The van der Waals surface area contributed by atoms with Crippen molar-refractivity contribution in [3.8, 4) is 0 Å². The number of rotatable bonds is 11. The zero-order chi connectivity index (χ0) is 19.5. The van der Waals surface area contributed by atoms with Crippen LogP contribution in [0.5, 0.6) is 0 Å². The van der Waals surface area contributed by atoms with Crippen LogP contribution in [0, 0.1) is 34.0 Å². The Balaban J connectivity index is 2.94. The molecule has 3 nitrogen and oxygen atoms in total. The molecule has 0 spiro atoms. The molecule has 0 aliphatic heterocycles. The molecule has 0 bridgehead atoms. The van der Waals surface area contributed by atoms with Gasteiger partial charge in [0.2, 0.25) is 0 Å². The van der Waals surface area contributed by atoms with Gasteiger partial charge in [0.15, 0.2) is 0 Å². The summed E-state index contributed by atoms with van der Waals surface area (Å²) in [4.78, 5) is 11.8. The van der Waals surface area contributed by atoms with Gasteiger partial charge in [0, 0.05) is 5.41 Å². The highest BCUT2D eigenvalue weighted by Crippen LogP contribution is 2.64. The van der Waals surface area contributed by atoms with E-state index in [-0.39, 0.29) is 16.9 Å². The Kier molecular flexibility index (Phi) is 7.68. The Morgan fingerprint density at radius 2 is 1.72 bits per heavy atom. The summed E-state index contributed by atoms with van der Waals surface area (Å²) in [5.74, 6) is 1.54. The zero-order valence-corrected chi connectivity index (χ0v) is 18.1. The summed E-state index contributed by atoms with van der Waals surface area (Å²) in [6.45, 7) is 17.4. The standard InChI is InChI=1S/C22H43NO2/c1-9-13-22(23-25)15-19(21(22,11-3)12-4)14-16(5)18(7)20(8,24)17(6)10-2/h16-19,24H,9-15H2,1-8H3. The van der Waals surface area contributed by atoms with Gasteiger partial charge in [0.05, 0.1) is 5.60 Å². The fraction of sp³-hybridized carbons (Fsp3) is 1.00. The molecule has 25 heavy (non-hydrogen) atoms. The molecule has 0 aromatic carbocycles. The van der Waals surface area contributed by atoms with Crippen molar-refractivity contribution >= 4 is 0 Å². The number of hydrogen-bond acceptors (Lipinski definition) is 3. The molecule has 0 heterocycles. The smallest absolute Gasteiger partial charge is 0.109 e. The highest BCUT2D eigenvalue weighted by molar-refractivity contribution is 5.16. The molecule has 0 amide bonds. The molecule has 6 unspecified atom stereocenters. The van der Waals surface area contributed by atoms with E-state index in [1.54, 1.807) is 0 Å². The summed E-state index contributed by atoms with van der Waals surface area (Å²) >= 11 is 0. The van der Waals surface area contributed by atoms with Gasteiger partial charge in [-0.3, -0.25) is 0 Å². The Morgan fingerprint density at radius 1 is 1.16 bits per heavy atom. The van der Waals surface area contributed by atoms with Gasteiger partial charge in [-0.2, -0.15) is 4.91 Å². The van der Waals surface area contributed by atoms with Gasteiger partial charge in [-0.1, -0.05) is 66.5 Å². The fourth-order valence-corrected chi connectivity index (χ4v) is 5.88. The van der Waals surface area contributed by atoms with Crippen LogP contribution in [0.4, 0.5) is 0 Å². The third-order valence-electron chi connectivity index (χ3n) is 8.43. The molecule has 0 aromatic rings. The molecule has 3 heteroatoms. The third kappa shape index (κ3) is 3.68. The third-order valence-corrected chi connectivity index (χ3v) is 8.43. The van der Waals surface area contributed by atoms with Crippen LogP contribution in [-0.2, 0) is 0 Å².